The first-order valence-corrected chi connectivity index (χ1v) is 8.19. The molecule has 0 aliphatic carbocycles. The lowest BCUT2D eigenvalue weighted by Gasteiger charge is -2.02. The monoisotopic (exact) mass is 336 g/mol. The Bertz CT molecular complexity index is 735. The first kappa shape index (κ1) is 16.5. The van der Waals surface area contributed by atoms with Crippen LogP contribution in [0.3, 0.4) is 0 Å². The molecule has 0 amide bonds. The molecule has 6 heteroatoms. The molecule has 0 unspecified atom stereocenters. The molecule has 0 aliphatic heterocycles. The number of thioether (sulfide) groups is 1. The average Bonchev–Trinajstić information content (AvgIpc) is 2.89. The average molecular weight is 336 g/mol. The van der Waals surface area contributed by atoms with Gasteiger partial charge in [0, 0.05) is 20.2 Å². The molecule has 114 valence electrons. The first-order valence-electron chi connectivity index (χ1n) is 6.38. The molecule has 2 rings (SSSR count). The van der Waals surface area contributed by atoms with Crippen molar-refractivity contribution in [2.45, 2.75) is 11.8 Å². The molecule has 0 fully saturated rings. The summed E-state index contributed by atoms with van der Waals surface area (Å²) in [5.41, 5.74) is 0.238. The summed E-state index contributed by atoms with van der Waals surface area (Å²) in [6.45, 7) is 1.98. The molecule has 22 heavy (non-hydrogen) atoms. The van der Waals surface area contributed by atoms with Crippen molar-refractivity contribution in [3.63, 3.8) is 0 Å². The molecular formula is C16H13FO3S2. The van der Waals surface area contributed by atoms with Crippen LogP contribution in [0.4, 0.5) is 4.39 Å². The highest BCUT2D eigenvalue weighted by molar-refractivity contribution is 8.00. The summed E-state index contributed by atoms with van der Waals surface area (Å²) < 4.78 is 13.8. The van der Waals surface area contributed by atoms with Gasteiger partial charge in [0.25, 0.3) is 0 Å². The number of benzene rings is 1. The minimum absolute atomic E-state index is 0.219. The topological polar surface area (TPSA) is 54.4 Å². The largest absolute Gasteiger partial charge is 0.481 e. The van der Waals surface area contributed by atoms with Crippen LogP contribution in [-0.2, 0) is 4.79 Å². The summed E-state index contributed by atoms with van der Waals surface area (Å²) in [5, 5.41) is 8.58. The zero-order valence-corrected chi connectivity index (χ0v) is 13.3. The van der Waals surface area contributed by atoms with Gasteiger partial charge >= 0.3 is 5.97 Å². The van der Waals surface area contributed by atoms with E-state index in [-0.39, 0.29) is 22.0 Å². The highest BCUT2D eigenvalue weighted by Crippen LogP contribution is 2.23. The Morgan fingerprint density at radius 3 is 2.68 bits per heavy atom. The van der Waals surface area contributed by atoms with Gasteiger partial charge in [0.15, 0.2) is 5.78 Å². The van der Waals surface area contributed by atoms with Gasteiger partial charge < -0.3 is 5.11 Å². The molecule has 0 radical (unpaired) electrons. The Morgan fingerprint density at radius 2 is 2.09 bits per heavy atom. The van der Waals surface area contributed by atoms with Crippen molar-refractivity contribution in [3.05, 3.63) is 57.5 Å². The minimum atomic E-state index is -1.02. The molecule has 1 N–H and O–H groups in total. The Balaban J connectivity index is 2.08. The lowest BCUT2D eigenvalue weighted by atomic mass is 10.1. The van der Waals surface area contributed by atoms with Crippen LogP contribution in [0.1, 0.15) is 20.1 Å². The van der Waals surface area contributed by atoms with Crippen molar-refractivity contribution in [2.24, 2.45) is 0 Å². The predicted octanol–water partition coefficient (Wildman–Crippen LogP) is 4.27. The van der Waals surface area contributed by atoms with E-state index in [1.807, 2.05) is 19.1 Å². The molecule has 1 aromatic heterocycles. The van der Waals surface area contributed by atoms with Crippen LogP contribution < -0.4 is 0 Å². The van der Waals surface area contributed by atoms with Crippen LogP contribution in [0.25, 0.3) is 6.08 Å². The van der Waals surface area contributed by atoms with Crippen LogP contribution in [0.5, 0.6) is 0 Å². The molecule has 0 bridgehead atoms. The maximum atomic E-state index is 13.8. The normalized spacial score (nSPS) is 11.0. The number of carbonyl (C=O) groups is 2. The second kappa shape index (κ2) is 7.38. The van der Waals surface area contributed by atoms with Crippen molar-refractivity contribution in [1.82, 2.24) is 0 Å². The lowest BCUT2D eigenvalue weighted by Crippen LogP contribution is -1.99. The van der Waals surface area contributed by atoms with Crippen molar-refractivity contribution in [3.8, 4) is 0 Å². The third kappa shape index (κ3) is 4.54. The third-order valence-electron chi connectivity index (χ3n) is 2.73. The second-order valence-corrected chi connectivity index (χ2v) is 6.81. The van der Waals surface area contributed by atoms with Gasteiger partial charge in [-0.15, -0.1) is 23.1 Å². The molecule has 0 aliphatic rings. The van der Waals surface area contributed by atoms with Crippen LogP contribution in [0, 0.1) is 12.7 Å². The van der Waals surface area contributed by atoms with E-state index in [1.165, 1.54) is 18.2 Å². The SMILES string of the molecule is Cc1ccc(/C=C/C(=O)c2ccc(SCC(=O)O)c(F)c2)s1. The summed E-state index contributed by atoms with van der Waals surface area (Å²) in [7, 11) is 0. The summed E-state index contributed by atoms with van der Waals surface area (Å²) >= 11 is 2.45. The maximum absolute atomic E-state index is 13.8. The summed E-state index contributed by atoms with van der Waals surface area (Å²) in [6, 6.07) is 7.94. The summed E-state index contributed by atoms with van der Waals surface area (Å²) in [4.78, 5) is 24.8. The van der Waals surface area contributed by atoms with Crippen molar-refractivity contribution in [1.29, 1.82) is 0 Å². The highest BCUT2D eigenvalue weighted by atomic mass is 32.2. The Kier molecular flexibility index (Phi) is 5.51. The molecule has 2 aromatic rings. The number of carbonyl (C=O) groups excluding carboxylic acids is 1. The maximum Gasteiger partial charge on any atom is 0.313 e. The minimum Gasteiger partial charge on any atom is -0.481 e. The summed E-state index contributed by atoms with van der Waals surface area (Å²) in [6.07, 6.45) is 3.11. The number of thiophene rings is 1. The quantitative estimate of drug-likeness (QED) is 0.486. The fourth-order valence-electron chi connectivity index (χ4n) is 1.71. The Morgan fingerprint density at radius 1 is 1.32 bits per heavy atom. The number of aryl methyl sites for hydroxylation is 1. The number of aliphatic carboxylic acids is 1. The molecule has 0 spiro atoms. The first-order chi connectivity index (χ1) is 10.5. The Hall–Kier alpha value is -1.92. The van der Waals surface area contributed by atoms with Crippen molar-refractivity contribution < 1.29 is 19.1 Å². The summed E-state index contributed by atoms with van der Waals surface area (Å²) in [5.74, 6) is -2.11. The van der Waals surface area contributed by atoms with Gasteiger partial charge in [-0.1, -0.05) is 0 Å². The van der Waals surface area contributed by atoms with E-state index >= 15 is 0 Å². The van der Waals surface area contributed by atoms with Gasteiger partial charge in [0.1, 0.15) is 5.82 Å². The van der Waals surface area contributed by atoms with E-state index < -0.39 is 11.8 Å². The van der Waals surface area contributed by atoms with E-state index in [0.717, 1.165) is 27.6 Å². The van der Waals surface area contributed by atoms with E-state index in [2.05, 4.69) is 0 Å². The predicted molar refractivity (Wildman–Crippen MR) is 87.2 cm³/mol. The number of halogens is 1. The van der Waals surface area contributed by atoms with E-state index in [9.17, 15) is 14.0 Å². The molecule has 1 aromatic carbocycles. The van der Waals surface area contributed by atoms with E-state index in [4.69, 9.17) is 5.11 Å². The number of hydrogen-bond donors (Lipinski definition) is 1. The Labute approximate surface area is 135 Å². The zero-order valence-electron chi connectivity index (χ0n) is 11.7. The molecular weight excluding hydrogens is 323 g/mol. The lowest BCUT2D eigenvalue weighted by molar-refractivity contribution is -0.133. The van der Waals surface area contributed by atoms with Gasteiger partial charge in [-0.25, -0.2) is 4.39 Å². The van der Waals surface area contributed by atoms with Crippen molar-refractivity contribution >= 4 is 40.9 Å². The van der Waals surface area contributed by atoms with Crippen LogP contribution >= 0.6 is 23.1 Å². The molecule has 3 nitrogen and oxygen atoms in total. The fourth-order valence-corrected chi connectivity index (χ4v) is 3.13. The fraction of sp³-hybridized carbons (Fsp3) is 0.125. The number of carboxylic acid groups (broad SMARTS) is 1. The van der Waals surface area contributed by atoms with Crippen LogP contribution in [0.2, 0.25) is 0 Å². The number of rotatable bonds is 6. The third-order valence-corrected chi connectivity index (χ3v) is 4.73. The molecule has 0 saturated carbocycles. The van der Waals surface area contributed by atoms with E-state index in [1.54, 1.807) is 17.4 Å². The number of ketones is 1. The standard InChI is InChI=1S/C16H13FO3S2/c1-10-2-4-12(22-10)5-6-14(18)11-3-7-15(13(17)8-11)21-9-16(19)20/h2-8H,9H2,1H3,(H,19,20)/b6-5+. The van der Waals surface area contributed by atoms with Gasteiger partial charge in [-0.3, -0.25) is 9.59 Å². The molecule has 0 saturated heterocycles. The van der Waals surface area contributed by atoms with Gasteiger partial charge in [0.05, 0.1) is 5.75 Å². The number of allylic oxidation sites excluding steroid dienone is 1. The molecule has 1 heterocycles. The molecule has 0 atom stereocenters. The van der Waals surface area contributed by atoms with Crippen LogP contribution in [0.15, 0.2) is 41.3 Å². The number of hydrogen-bond acceptors (Lipinski definition) is 4. The van der Waals surface area contributed by atoms with Gasteiger partial charge in [0.2, 0.25) is 0 Å². The van der Waals surface area contributed by atoms with Gasteiger partial charge in [-0.2, -0.15) is 0 Å². The van der Waals surface area contributed by atoms with E-state index in [0.29, 0.717) is 0 Å². The number of carboxylic acids is 1. The van der Waals surface area contributed by atoms with Gasteiger partial charge in [-0.05, 0) is 49.4 Å². The zero-order chi connectivity index (χ0) is 16.1. The highest BCUT2D eigenvalue weighted by Gasteiger charge is 2.09. The second-order valence-electron chi connectivity index (χ2n) is 4.47. The van der Waals surface area contributed by atoms with Crippen LogP contribution in [-0.4, -0.2) is 22.6 Å². The van der Waals surface area contributed by atoms with Crippen molar-refractivity contribution in [2.75, 3.05) is 5.75 Å². The smallest absolute Gasteiger partial charge is 0.313 e.